The van der Waals surface area contributed by atoms with Crippen LogP contribution in [0.15, 0.2) is 17.4 Å². The lowest BCUT2D eigenvalue weighted by Gasteiger charge is -1.99. The van der Waals surface area contributed by atoms with Crippen LogP contribution in [0.5, 0.6) is 0 Å². The van der Waals surface area contributed by atoms with Crippen LogP contribution in [-0.2, 0) is 11.2 Å². The second-order valence-electron chi connectivity index (χ2n) is 2.26. The topological polar surface area (TPSA) is 45.2 Å². The Balaban J connectivity index is 2.52. The Labute approximate surface area is 57.8 Å². The zero-order valence-corrected chi connectivity index (χ0v) is 5.29. The molecule has 1 amide bonds. The van der Waals surface area contributed by atoms with Crippen molar-refractivity contribution in [1.29, 1.82) is 0 Å². The largest absolute Gasteiger partial charge is 0.367 e. The number of carbonyl (C=O) groups excluding carboxylic acids is 1. The molecule has 1 aromatic heterocycles. The number of carbonyl (C=O) groups is 1. The molecule has 1 aliphatic rings. The normalized spacial score (nSPS) is 15.4. The van der Waals surface area contributed by atoms with Gasteiger partial charge in [0.15, 0.2) is 0 Å². The number of fused-ring (bicyclic) bond motifs is 1. The molecule has 0 atom stereocenters. The summed E-state index contributed by atoms with van der Waals surface area (Å²) < 4.78 is 0. The van der Waals surface area contributed by atoms with Crippen molar-refractivity contribution in [3.8, 4) is 0 Å². The van der Waals surface area contributed by atoms with E-state index in [4.69, 9.17) is 0 Å². The number of nitrogens with one attached hydrogen (secondary N) is 1. The molecule has 2 rings (SSSR count). The number of hydrogen-bond donors (Lipinski definition) is 1. The smallest absolute Gasteiger partial charge is 0.250 e. The minimum atomic E-state index is -0.0629. The zero-order valence-electron chi connectivity index (χ0n) is 5.29. The Hall–Kier alpha value is -1.38. The molecule has 0 aromatic carbocycles. The summed E-state index contributed by atoms with van der Waals surface area (Å²) in [6, 6.07) is 0. The highest BCUT2D eigenvalue weighted by molar-refractivity contribution is 5.98. The summed E-state index contributed by atoms with van der Waals surface area (Å²) in [6.45, 7) is 0. The molecule has 0 saturated heterocycles. The molecule has 0 fully saturated rings. The van der Waals surface area contributed by atoms with Crippen LogP contribution in [0, 0.1) is 0 Å². The fraction of sp³-hybridized carbons (Fsp3) is 0.143. The van der Waals surface area contributed by atoms with E-state index in [1.165, 1.54) is 0 Å². The molecule has 1 N–H and O–H groups in total. The first-order valence-corrected chi connectivity index (χ1v) is 3.09. The Morgan fingerprint density at radius 1 is 1.50 bits per heavy atom. The van der Waals surface area contributed by atoms with E-state index in [0.717, 1.165) is 11.1 Å². The van der Waals surface area contributed by atoms with Crippen molar-refractivity contribution in [2.45, 2.75) is 6.42 Å². The molecule has 10 heavy (non-hydrogen) atoms. The zero-order chi connectivity index (χ0) is 6.97. The quantitative estimate of drug-likeness (QED) is 0.552. The van der Waals surface area contributed by atoms with Gasteiger partial charge in [0.2, 0.25) is 5.91 Å². The lowest BCUT2D eigenvalue weighted by Crippen LogP contribution is -2.05. The molecule has 0 spiro atoms. The summed E-state index contributed by atoms with van der Waals surface area (Å²) in [5.41, 5.74) is 2.07. The molecule has 0 aliphatic carbocycles. The Morgan fingerprint density at radius 3 is 3.30 bits per heavy atom. The molecular weight excluding hydrogens is 128 g/mol. The van der Waals surface area contributed by atoms with Gasteiger partial charge in [0, 0.05) is 24.2 Å². The molecule has 50 valence electrons. The van der Waals surface area contributed by atoms with Gasteiger partial charge in [-0.05, 0) is 5.56 Å². The third-order valence-corrected chi connectivity index (χ3v) is 1.56. The SMILES string of the molecule is O=C1Cc2c[nH]cc2C=N1. The lowest BCUT2D eigenvalue weighted by molar-refractivity contribution is -0.117. The van der Waals surface area contributed by atoms with E-state index in [1.54, 1.807) is 6.21 Å². The average Bonchev–Trinajstić information content (AvgIpc) is 2.33. The summed E-state index contributed by atoms with van der Waals surface area (Å²) in [4.78, 5) is 17.3. The second-order valence-corrected chi connectivity index (χ2v) is 2.26. The summed E-state index contributed by atoms with van der Waals surface area (Å²) >= 11 is 0. The third kappa shape index (κ3) is 0.673. The van der Waals surface area contributed by atoms with E-state index in [0.29, 0.717) is 6.42 Å². The number of aromatic amines is 1. The first kappa shape index (κ1) is 5.41. The van der Waals surface area contributed by atoms with Gasteiger partial charge in [-0.1, -0.05) is 0 Å². The number of aliphatic imine (C=N–C) groups is 1. The number of amides is 1. The van der Waals surface area contributed by atoms with Gasteiger partial charge < -0.3 is 4.98 Å². The maximum atomic E-state index is 10.7. The fourth-order valence-corrected chi connectivity index (χ4v) is 1.03. The fourth-order valence-electron chi connectivity index (χ4n) is 1.03. The molecule has 1 aromatic rings. The summed E-state index contributed by atoms with van der Waals surface area (Å²) in [5.74, 6) is -0.0629. The molecule has 0 saturated carbocycles. The highest BCUT2D eigenvalue weighted by Gasteiger charge is 2.10. The van der Waals surface area contributed by atoms with Crippen LogP contribution in [0.2, 0.25) is 0 Å². The minimum Gasteiger partial charge on any atom is -0.367 e. The van der Waals surface area contributed by atoms with Gasteiger partial charge in [-0.3, -0.25) is 4.79 Å². The number of rotatable bonds is 0. The van der Waals surface area contributed by atoms with Gasteiger partial charge >= 0.3 is 0 Å². The third-order valence-electron chi connectivity index (χ3n) is 1.56. The Morgan fingerprint density at radius 2 is 2.40 bits per heavy atom. The highest BCUT2D eigenvalue weighted by Crippen LogP contribution is 2.10. The van der Waals surface area contributed by atoms with E-state index < -0.39 is 0 Å². The van der Waals surface area contributed by atoms with E-state index in [1.807, 2.05) is 12.4 Å². The van der Waals surface area contributed by atoms with Crippen molar-refractivity contribution in [3.63, 3.8) is 0 Å². The van der Waals surface area contributed by atoms with Crippen LogP contribution in [0.4, 0.5) is 0 Å². The Bertz CT molecular complexity index is 298. The number of hydrogen-bond acceptors (Lipinski definition) is 1. The number of aromatic nitrogens is 1. The van der Waals surface area contributed by atoms with Crippen LogP contribution in [0.3, 0.4) is 0 Å². The van der Waals surface area contributed by atoms with Gasteiger partial charge in [0.25, 0.3) is 0 Å². The molecule has 3 heteroatoms. The predicted octanol–water partition coefficient (Wildman–Crippen LogP) is 0.516. The van der Waals surface area contributed by atoms with Crippen LogP contribution in [-0.4, -0.2) is 17.1 Å². The lowest BCUT2D eigenvalue weighted by atomic mass is 10.1. The van der Waals surface area contributed by atoms with Gasteiger partial charge in [-0.15, -0.1) is 0 Å². The van der Waals surface area contributed by atoms with Crippen LogP contribution >= 0.6 is 0 Å². The van der Waals surface area contributed by atoms with Crippen molar-refractivity contribution in [1.82, 2.24) is 4.98 Å². The molecule has 0 bridgehead atoms. The highest BCUT2D eigenvalue weighted by atomic mass is 16.1. The summed E-state index contributed by atoms with van der Waals surface area (Å²) in [5, 5.41) is 0. The summed E-state index contributed by atoms with van der Waals surface area (Å²) in [7, 11) is 0. The molecular formula is C7H6N2O. The van der Waals surface area contributed by atoms with E-state index in [-0.39, 0.29) is 5.91 Å². The van der Waals surface area contributed by atoms with Crippen molar-refractivity contribution >= 4 is 12.1 Å². The molecule has 0 radical (unpaired) electrons. The van der Waals surface area contributed by atoms with E-state index in [9.17, 15) is 4.79 Å². The van der Waals surface area contributed by atoms with Crippen LogP contribution in [0.25, 0.3) is 0 Å². The Kier molecular flexibility index (Phi) is 0.974. The monoisotopic (exact) mass is 134 g/mol. The van der Waals surface area contributed by atoms with Crippen molar-refractivity contribution < 1.29 is 4.79 Å². The maximum absolute atomic E-state index is 10.7. The second kappa shape index (κ2) is 1.80. The molecule has 2 heterocycles. The van der Waals surface area contributed by atoms with Crippen LogP contribution < -0.4 is 0 Å². The van der Waals surface area contributed by atoms with Crippen molar-refractivity contribution in [3.05, 3.63) is 23.5 Å². The number of H-pyrrole nitrogens is 1. The van der Waals surface area contributed by atoms with Crippen molar-refractivity contribution in [2.75, 3.05) is 0 Å². The van der Waals surface area contributed by atoms with Crippen LogP contribution in [0.1, 0.15) is 11.1 Å². The predicted molar refractivity (Wildman–Crippen MR) is 37.1 cm³/mol. The minimum absolute atomic E-state index is 0.0629. The van der Waals surface area contributed by atoms with Gasteiger partial charge in [-0.25, -0.2) is 4.99 Å². The van der Waals surface area contributed by atoms with E-state index >= 15 is 0 Å². The van der Waals surface area contributed by atoms with Gasteiger partial charge in [-0.2, -0.15) is 0 Å². The first-order valence-electron chi connectivity index (χ1n) is 3.09. The van der Waals surface area contributed by atoms with Crippen molar-refractivity contribution in [2.24, 2.45) is 4.99 Å². The first-order chi connectivity index (χ1) is 4.86. The molecule has 1 aliphatic heterocycles. The summed E-state index contributed by atoms with van der Waals surface area (Å²) in [6.07, 6.45) is 5.71. The maximum Gasteiger partial charge on any atom is 0.250 e. The number of nitrogens with zero attached hydrogens (tertiary/aromatic N) is 1. The standard InChI is InChI=1S/C7H6N2O/c10-7-1-5-2-8-3-6(5)4-9-7/h2-4,8H,1H2. The van der Waals surface area contributed by atoms with E-state index in [2.05, 4.69) is 9.98 Å². The molecule has 3 nitrogen and oxygen atoms in total. The van der Waals surface area contributed by atoms with Gasteiger partial charge in [0.1, 0.15) is 0 Å². The molecule has 0 unspecified atom stereocenters. The van der Waals surface area contributed by atoms with Gasteiger partial charge in [0.05, 0.1) is 6.42 Å². The average molecular weight is 134 g/mol.